The van der Waals surface area contributed by atoms with Crippen LogP contribution in [0.1, 0.15) is 11.3 Å². The third-order valence-electron chi connectivity index (χ3n) is 2.35. The number of imidazole rings is 1. The van der Waals surface area contributed by atoms with Crippen molar-refractivity contribution < 1.29 is 0 Å². The molecule has 0 unspecified atom stereocenters. The van der Waals surface area contributed by atoms with Gasteiger partial charge in [-0.15, -0.1) is 0 Å². The van der Waals surface area contributed by atoms with Crippen LogP contribution in [-0.4, -0.2) is 9.55 Å². The molecule has 2 aromatic rings. The van der Waals surface area contributed by atoms with E-state index in [9.17, 15) is 0 Å². The number of nitriles is 1. The van der Waals surface area contributed by atoms with Gasteiger partial charge in [-0.2, -0.15) is 5.26 Å². The Balaban J connectivity index is 2.09. The van der Waals surface area contributed by atoms with Crippen LogP contribution in [0.5, 0.6) is 0 Å². The van der Waals surface area contributed by atoms with Crippen molar-refractivity contribution in [2.45, 2.75) is 6.54 Å². The summed E-state index contributed by atoms with van der Waals surface area (Å²) in [7, 11) is 1.80. The van der Waals surface area contributed by atoms with Gasteiger partial charge in [0.1, 0.15) is 6.07 Å². The number of nitrogens with zero attached hydrogens (tertiary/aromatic N) is 3. The molecule has 0 aliphatic carbocycles. The average molecular weight is 212 g/mol. The first-order valence-electron chi connectivity index (χ1n) is 5.00. The lowest BCUT2D eigenvalue weighted by Gasteiger charge is -2.03. The van der Waals surface area contributed by atoms with Gasteiger partial charge in [0.2, 0.25) is 0 Å². The van der Waals surface area contributed by atoms with Crippen molar-refractivity contribution >= 4 is 5.82 Å². The number of aryl methyl sites for hydroxylation is 1. The van der Waals surface area contributed by atoms with Gasteiger partial charge < -0.3 is 9.88 Å². The molecular formula is C12H12N4. The maximum atomic E-state index is 8.93. The molecule has 1 heterocycles. The molecule has 4 heteroatoms. The molecule has 0 radical (unpaired) electrons. The summed E-state index contributed by atoms with van der Waals surface area (Å²) in [5.41, 5.74) is 1.72. The van der Waals surface area contributed by atoms with E-state index >= 15 is 0 Å². The number of hydrogen-bond acceptors (Lipinski definition) is 3. The second-order valence-electron chi connectivity index (χ2n) is 3.50. The van der Waals surface area contributed by atoms with E-state index in [0.29, 0.717) is 18.1 Å². The van der Waals surface area contributed by atoms with Crippen molar-refractivity contribution in [3.05, 3.63) is 47.9 Å². The molecule has 0 atom stereocenters. The van der Waals surface area contributed by atoms with E-state index in [-0.39, 0.29) is 0 Å². The molecule has 16 heavy (non-hydrogen) atoms. The molecule has 0 saturated heterocycles. The minimum absolute atomic E-state index is 0.552. The first kappa shape index (κ1) is 10.2. The van der Waals surface area contributed by atoms with Gasteiger partial charge in [-0.05, 0) is 5.56 Å². The highest BCUT2D eigenvalue weighted by atomic mass is 15.1. The SMILES string of the molecule is Cn1cnc(NCc2ccccc2)c1C#N. The monoisotopic (exact) mass is 212 g/mol. The summed E-state index contributed by atoms with van der Waals surface area (Å²) in [5, 5.41) is 12.1. The van der Waals surface area contributed by atoms with Gasteiger partial charge in [-0.25, -0.2) is 4.98 Å². The first-order chi connectivity index (χ1) is 7.81. The summed E-state index contributed by atoms with van der Waals surface area (Å²) < 4.78 is 1.70. The molecule has 0 fully saturated rings. The van der Waals surface area contributed by atoms with E-state index in [1.807, 2.05) is 30.3 Å². The molecule has 2 rings (SSSR count). The lowest BCUT2D eigenvalue weighted by Crippen LogP contribution is -2.02. The molecule has 0 spiro atoms. The molecule has 0 saturated carbocycles. The highest BCUT2D eigenvalue weighted by molar-refractivity contribution is 5.48. The van der Waals surface area contributed by atoms with Gasteiger partial charge in [0.05, 0.1) is 6.33 Å². The van der Waals surface area contributed by atoms with Crippen LogP contribution in [0.3, 0.4) is 0 Å². The van der Waals surface area contributed by atoms with Gasteiger partial charge in [0.15, 0.2) is 11.5 Å². The predicted octanol–water partition coefficient (Wildman–Crippen LogP) is 1.90. The van der Waals surface area contributed by atoms with Gasteiger partial charge in [-0.1, -0.05) is 30.3 Å². The molecule has 80 valence electrons. The minimum Gasteiger partial charge on any atom is -0.364 e. The molecule has 4 nitrogen and oxygen atoms in total. The van der Waals surface area contributed by atoms with E-state index in [2.05, 4.69) is 16.4 Å². The number of anilines is 1. The normalized spacial score (nSPS) is 9.75. The van der Waals surface area contributed by atoms with E-state index in [4.69, 9.17) is 5.26 Å². The highest BCUT2D eigenvalue weighted by Crippen LogP contribution is 2.12. The maximum Gasteiger partial charge on any atom is 0.164 e. The van der Waals surface area contributed by atoms with E-state index in [1.165, 1.54) is 0 Å². The molecular weight excluding hydrogens is 200 g/mol. The zero-order valence-electron chi connectivity index (χ0n) is 9.01. The average Bonchev–Trinajstić information content (AvgIpc) is 2.68. The van der Waals surface area contributed by atoms with Gasteiger partial charge in [0.25, 0.3) is 0 Å². The van der Waals surface area contributed by atoms with Crippen molar-refractivity contribution in [1.82, 2.24) is 9.55 Å². The largest absolute Gasteiger partial charge is 0.364 e. The smallest absolute Gasteiger partial charge is 0.164 e. The standard InChI is InChI=1S/C12H12N4/c1-16-9-15-12(11(16)7-13)14-8-10-5-3-2-4-6-10/h2-6,9,14H,8H2,1H3. The number of benzene rings is 1. The Kier molecular flexibility index (Phi) is 2.88. The Labute approximate surface area is 94.2 Å². The number of nitrogens with one attached hydrogen (secondary N) is 1. The zero-order chi connectivity index (χ0) is 11.4. The van der Waals surface area contributed by atoms with Crippen LogP contribution in [0, 0.1) is 11.3 Å². The first-order valence-corrected chi connectivity index (χ1v) is 5.00. The summed E-state index contributed by atoms with van der Waals surface area (Å²) in [6, 6.07) is 12.1. The molecule has 1 N–H and O–H groups in total. The fourth-order valence-corrected chi connectivity index (χ4v) is 1.47. The van der Waals surface area contributed by atoms with Crippen molar-refractivity contribution in [1.29, 1.82) is 5.26 Å². The summed E-state index contributed by atoms with van der Waals surface area (Å²) >= 11 is 0. The Morgan fingerprint density at radius 1 is 1.38 bits per heavy atom. The van der Waals surface area contributed by atoms with Crippen LogP contribution in [0.2, 0.25) is 0 Å². The third-order valence-corrected chi connectivity index (χ3v) is 2.35. The number of rotatable bonds is 3. The molecule has 0 bridgehead atoms. The fraction of sp³-hybridized carbons (Fsp3) is 0.167. The minimum atomic E-state index is 0.552. The van der Waals surface area contributed by atoms with Crippen LogP contribution in [0.25, 0.3) is 0 Å². The van der Waals surface area contributed by atoms with Gasteiger partial charge >= 0.3 is 0 Å². The summed E-state index contributed by atoms with van der Waals surface area (Å²) in [5.74, 6) is 0.633. The Morgan fingerprint density at radius 3 is 2.81 bits per heavy atom. The topological polar surface area (TPSA) is 53.6 Å². The van der Waals surface area contributed by atoms with Crippen LogP contribution in [0.15, 0.2) is 36.7 Å². The summed E-state index contributed by atoms with van der Waals surface area (Å²) in [6.07, 6.45) is 1.63. The van der Waals surface area contributed by atoms with Crippen molar-refractivity contribution in [3.8, 4) is 6.07 Å². The lowest BCUT2D eigenvalue weighted by molar-refractivity contribution is 0.896. The van der Waals surface area contributed by atoms with E-state index in [0.717, 1.165) is 5.56 Å². The number of aromatic nitrogens is 2. The number of hydrogen-bond donors (Lipinski definition) is 1. The molecule has 0 amide bonds. The Hall–Kier alpha value is -2.28. The van der Waals surface area contributed by atoms with Crippen LogP contribution in [-0.2, 0) is 13.6 Å². The maximum absolute atomic E-state index is 8.93. The molecule has 0 aliphatic heterocycles. The van der Waals surface area contributed by atoms with E-state index < -0.39 is 0 Å². The molecule has 0 aliphatic rings. The van der Waals surface area contributed by atoms with Crippen molar-refractivity contribution in [2.24, 2.45) is 7.05 Å². The third kappa shape index (κ3) is 2.04. The van der Waals surface area contributed by atoms with Crippen molar-refractivity contribution in [3.63, 3.8) is 0 Å². The Morgan fingerprint density at radius 2 is 2.12 bits per heavy atom. The van der Waals surface area contributed by atoms with Crippen LogP contribution in [0.4, 0.5) is 5.82 Å². The zero-order valence-corrected chi connectivity index (χ0v) is 9.01. The van der Waals surface area contributed by atoms with Gasteiger partial charge in [0, 0.05) is 13.6 Å². The van der Waals surface area contributed by atoms with E-state index in [1.54, 1.807) is 17.9 Å². The summed E-state index contributed by atoms with van der Waals surface area (Å²) in [4.78, 5) is 4.13. The molecule has 1 aromatic carbocycles. The predicted molar refractivity (Wildman–Crippen MR) is 61.7 cm³/mol. The van der Waals surface area contributed by atoms with Crippen molar-refractivity contribution in [2.75, 3.05) is 5.32 Å². The second-order valence-corrected chi connectivity index (χ2v) is 3.50. The van der Waals surface area contributed by atoms with Crippen LogP contribution < -0.4 is 5.32 Å². The fourth-order valence-electron chi connectivity index (χ4n) is 1.47. The Bertz CT molecular complexity index is 508. The van der Waals surface area contributed by atoms with Crippen LogP contribution >= 0.6 is 0 Å². The quantitative estimate of drug-likeness (QED) is 0.845. The summed E-state index contributed by atoms with van der Waals surface area (Å²) in [6.45, 7) is 0.673. The second kappa shape index (κ2) is 4.49. The lowest BCUT2D eigenvalue weighted by atomic mass is 10.2. The van der Waals surface area contributed by atoms with Gasteiger partial charge in [-0.3, -0.25) is 0 Å². The highest BCUT2D eigenvalue weighted by Gasteiger charge is 2.06. The molecule has 1 aromatic heterocycles.